The van der Waals surface area contributed by atoms with Gasteiger partial charge in [0.05, 0.1) is 5.92 Å². The molecule has 23 heavy (non-hydrogen) atoms. The lowest BCUT2D eigenvalue weighted by atomic mass is 9.99. The molecular formula is C20H24O3. The van der Waals surface area contributed by atoms with Crippen LogP contribution in [0.2, 0.25) is 0 Å². The molecule has 1 aliphatic heterocycles. The number of hydrogen-bond donors (Lipinski definition) is 0. The van der Waals surface area contributed by atoms with Crippen LogP contribution >= 0.6 is 0 Å². The van der Waals surface area contributed by atoms with Crippen molar-refractivity contribution in [1.29, 1.82) is 0 Å². The molecule has 0 spiro atoms. The average molecular weight is 312 g/mol. The van der Waals surface area contributed by atoms with Crippen molar-refractivity contribution < 1.29 is 14.3 Å². The number of benzene rings is 1. The molecule has 0 saturated carbocycles. The summed E-state index contributed by atoms with van der Waals surface area (Å²) in [5.41, 5.74) is 1.04. The largest absolute Gasteiger partial charge is 0.389 e. The van der Waals surface area contributed by atoms with Gasteiger partial charge in [-0.05, 0) is 24.8 Å². The fourth-order valence-electron chi connectivity index (χ4n) is 2.63. The number of allylic oxidation sites excluding steroid dienone is 1. The number of ether oxygens (including phenoxy) is 1. The van der Waals surface area contributed by atoms with Crippen LogP contribution in [0.1, 0.15) is 50.5 Å². The summed E-state index contributed by atoms with van der Waals surface area (Å²) in [5.74, 6) is -1.38. The topological polar surface area (TPSA) is 43.4 Å². The van der Waals surface area contributed by atoms with E-state index >= 15 is 0 Å². The zero-order valence-corrected chi connectivity index (χ0v) is 13.4. The highest BCUT2D eigenvalue weighted by Gasteiger charge is 2.19. The van der Waals surface area contributed by atoms with Gasteiger partial charge in [-0.3, -0.25) is 4.79 Å². The van der Waals surface area contributed by atoms with Crippen LogP contribution in [0.4, 0.5) is 0 Å². The Morgan fingerprint density at radius 3 is 2.52 bits per heavy atom. The molecule has 0 amide bonds. The number of rotatable bonds is 2. The Morgan fingerprint density at radius 2 is 1.70 bits per heavy atom. The maximum absolute atomic E-state index is 12.2. The number of carbonyl (C=O) groups is 2. The molecule has 1 aliphatic rings. The van der Waals surface area contributed by atoms with E-state index in [4.69, 9.17) is 4.74 Å². The van der Waals surface area contributed by atoms with E-state index < -0.39 is 11.9 Å². The predicted octanol–water partition coefficient (Wildman–Crippen LogP) is 4.69. The van der Waals surface area contributed by atoms with Crippen LogP contribution in [-0.2, 0) is 14.3 Å². The zero-order valence-electron chi connectivity index (χ0n) is 13.4. The van der Waals surface area contributed by atoms with Crippen molar-refractivity contribution in [3.05, 3.63) is 54.1 Å². The third-order valence-corrected chi connectivity index (χ3v) is 3.96. The summed E-state index contributed by atoms with van der Waals surface area (Å²) in [5, 5.41) is 0. The van der Waals surface area contributed by atoms with Gasteiger partial charge in [0.2, 0.25) is 0 Å². The third kappa shape index (κ3) is 6.64. The molecule has 0 radical (unpaired) electrons. The first-order valence-corrected chi connectivity index (χ1v) is 8.41. The van der Waals surface area contributed by atoms with Gasteiger partial charge in [-0.2, -0.15) is 0 Å². The Bertz CT molecular complexity index is 558. The molecule has 0 aromatic heterocycles. The van der Waals surface area contributed by atoms with Crippen LogP contribution in [0.15, 0.2) is 48.6 Å². The summed E-state index contributed by atoms with van der Waals surface area (Å²) in [6.07, 6.45) is 14.0. The van der Waals surface area contributed by atoms with Gasteiger partial charge in [-0.1, -0.05) is 74.2 Å². The molecule has 122 valence electrons. The van der Waals surface area contributed by atoms with Crippen molar-refractivity contribution in [2.24, 2.45) is 5.92 Å². The Balaban J connectivity index is 2.04. The van der Waals surface area contributed by atoms with E-state index in [2.05, 4.69) is 0 Å². The Hall–Kier alpha value is -2.16. The lowest BCUT2D eigenvalue weighted by molar-refractivity contribution is -0.158. The summed E-state index contributed by atoms with van der Waals surface area (Å²) >= 11 is 0. The Labute approximate surface area is 138 Å². The van der Waals surface area contributed by atoms with Crippen LogP contribution in [0.25, 0.3) is 6.08 Å². The molecule has 1 aromatic carbocycles. The van der Waals surface area contributed by atoms with E-state index in [0.717, 1.165) is 44.1 Å². The van der Waals surface area contributed by atoms with Crippen molar-refractivity contribution in [2.45, 2.75) is 44.9 Å². The molecular weight excluding hydrogens is 288 g/mol. The van der Waals surface area contributed by atoms with Crippen molar-refractivity contribution in [2.75, 3.05) is 0 Å². The molecule has 2 rings (SSSR count). The van der Waals surface area contributed by atoms with E-state index in [-0.39, 0.29) is 5.92 Å². The van der Waals surface area contributed by atoms with Crippen LogP contribution in [-0.4, -0.2) is 11.9 Å². The summed E-state index contributed by atoms with van der Waals surface area (Å²) in [7, 11) is 0. The highest BCUT2D eigenvalue weighted by molar-refractivity contribution is 5.93. The van der Waals surface area contributed by atoms with Gasteiger partial charge < -0.3 is 4.74 Å². The minimum absolute atomic E-state index is 0.367. The normalized spacial score (nSPS) is 22.7. The smallest absolute Gasteiger partial charge is 0.338 e. The second-order valence-electron chi connectivity index (χ2n) is 5.86. The van der Waals surface area contributed by atoms with Gasteiger partial charge in [-0.15, -0.1) is 0 Å². The van der Waals surface area contributed by atoms with Gasteiger partial charge in [-0.25, -0.2) is 4.79 Å². The van der Waals surface area contributed by atoms with Crippen molar-refractivity contribution in [1.82, 2.24) is 0 Å². The lowest BCUT2D eigenvalue weighted by Gasteiger charge is -2.10. The number of esters is 2. The van der Waals surface area contributed by atoms with Crippen LogP contribution in [0, 0.1) is 5.92 Å². The summed E-state index contributed by atoms with van der Waals surface area (Å²) in [6, 6.07) is 9.83. The number of carbonyl (C=O) groups excluding carboxylic acids is 2. The van der Waals surface area contributed by atoms with E-state index in [0.29, 0.717) is 0 Å². The maximum Gasteiger partial charge on any atom is 0.338 e. The van der Waals surface area contributed by atoms with E-state index in [1.165, 1.54) is 12.5 Å². The maximum atomic E-state index is 12.2. The van der Waals surface area contributed by atoms with Crippen molar-refractivity contribution in [3.63, 3.8) is 0 Å². The van der Waals surface area contributed by atoms with Gasteiger partial charge in [0, 0.05) is 6.08 Å². The molecule has 1 atom stereocenters. The lowest BCUT2D eigenvalue weighted by Crippen LogP contribution is -2.19. The summed E-state index contributed by atoms with van der Waals surface area (Å²) in [6.45, 7) is 0. The number of cyclic esters (lactones) is 2. The third-order valence-electron chi connectivity index (χ3n) is 3.96. The van der Waals surface area contributed by atoms with Gasteiger partial charge >= 0.3 is 11.9 Å². The fraction of sp³-hybridized carbons (Fsp3) is 0.400. The molecule has 0 bridgehead atoms. The highest BCUT2D eigenvalue weighted by atomic mass is 16.6. The first-order valence-electron chi connectivity index (χ1n) is 8.41. The highest BCUT2D eigenvalue weighted by Crippen LogP contribution is 2.17. The Kier molecular flexibility index (Phi) is 7.31. The SMILES string of the molecule is O=C1/C=C/CCCCCCCC(C=Cc2ccccc2)C(=O)O1. The quantitative estimate of drug-likeness (QED) is 0.588. The fourth-order valence-corrected chi connectivity index (χ4v) is 2.63. The molecule has 0 fully saturated rings. The summed E-state index contributed by atoms with van der Waals surface area (Å²) in [4.78, 5) is 23.9. The van der Waals surface area contributed by atoms with E-state index in [9.17, 15) is 9.59 Å². The molecule has 1 heterocycles. The van der Waals surface area contributed by atoms with Crippen LogP contribution < -0.4 is 0 Å². The second-order valence-corrected chi connectivity index (χ2v) is 5.86. The molecule has 3 nitrogen and oxygen atoms in total. The zero-order chi connectivity index (χ0) is 16.3. The van der Waals surface area contributed by atoms with Gasteiger partial charge in [0.15, 0.2) is 0 Å². The van der Waals surface area contributed by atoms with E-state index in [1.54, 1.807) is 6.08 Å². The first-order chi connectivity index (χ1) is 11.3. The van der Waals surface area contributed by atoms with Crippen LogP contribution in [0.5, 0.6) is 0 Å². The van der Waals surface area contributed by atoms with Crippen molar-refractivity contribution >= 4 is 18.0 Å². The second kappa shape index (κ2) is 9.78. The minimum Gasteiger partial charge on any atom is -0.389 e. The molecule has 0 saturated heterocycles. The van der Waals surface area contributed by atoms with E-state index in [1.807, 2.05) is 42.5 Å². The molecule has 0 N–H and O–H groups in total. The summed E-state index contributed by atoms with van der Waals surface area (Å²) < 4.78 is 4.95. The number of hydrogen-bond acceptors (Lipinski definition) is 3. The predicted molar refractivity (Wildman–Crippen MR) is 91.5 cm³/mol. The average Bonchev–Trinajstić information content (AvgIpc) is 2.57. The van der Waals surface area contributed by atoms with Gasteiger partial charge in [0.25, 0.3) is 0 Å². The molecule has 1 unspecified atom stereocenters. The standard InChI is InChI=1S/C20H24O3/c21-19-14-10-5-3-1-2-4-9-13-18(20(22)23-19)16-15-17-11-7-6-8-12-17/h6-8,10-12,14-16,18H,1-5,9,13H2/b14-10+,16-15?. The minimum atomic E-state index is -0.563. The monoisotopic (exact) mass is 312 g/mol. The van der Waals surface area contributed by atoms with Crippen LogP contribution in [0.3, 0.4) is 0 Å². The van der Waals surface area contributed by atoms with Crippen molar-refractivity contribution in [3.8, 4) is 0 Å². The van der Waals surface area contributed by atoms with Gasteiger partial charge in [0.1, 0.15) is 0 Å². The molecule has 1 aromatic rings. The molecule has 0 aliphatic carbocycles. The molecule has 3 heteroatoms. The Morgan fingerprint density at radius 1 is 0.957 bits per heavy atom. The first kappa shape index (κ1) is 17.2.